The maximum atomic E-state index is 11.5. The van der Waals surface area contributed by atoms with Gasteiger partial charge in [-0.1, -0.05) is 36.4 Å². The summed E-state index contributed by atoms with van der Waals surface area (Å²) in [5, 5.41) is 10.3. The lowest BCUT2D eigenvalue weighted by Gasteiger charge is -2.09. The van der Waals surface area contributed by atoms with Crippen LogP contribution in [0.4, 0.5) is 0 Å². The Labute approximate surface area is 126 Å². The molecule has 0 aliphatic heterocycles. The largest absolute Gasteiger partial charge is 0.497 e. The van der Waals surface area contributed by atoms with Crippen LogP contribution in [0.2, 0.25) is 0 Å². The van der Waals surface area contributed by atoms with Crippen LogP contribution in [0.3, 0.4) is 0 Å². The van der Waals surface area contributed by atoms with Crippen LogP contribution in [0.25, 0.3) is 22.4 Å². The van der Waals surface area contributed by atoms with Gasteiger partial charge in [-0.15, -0.1) is 0 Å². The molecule has 0 radical (unpaired) electrons. The Hall–Kier alpha value is -3.15. The zero-order valence-corrected chi connectivity index (χ0v) is 11.9. The molecule has 22 heavy (non-hydrogen) atoms. The van der Waals surface area contributed by atoms with Crippen LogP contribution < -0.4 is 10.5 Å². The highest BCUT2D eigenvalue weighted by atomic mass is 16.5. The van der Waals surface area contributed by atoms with Crippen LogP contribution in [-0.2, 0) is 0 Å². The first kappa shape index (κ1) is 13.8. The predicted octanol–water partition coefficient (Wildman–Crippen LogP) is 2.25. The van der Waals surface area contributed by atoms with Gasteiger partial charge in [0.15, 0.2) is 5.69 Å². The van der Waals surface area contributed by atoms with E-state index in [1.165, 1.54) is 0 Å². The summed E-state index contributed by atoms with van der Waals surface area (Å²) < 4.78 is 5.17. The molecule has 0 saturated carbocycles. The molecule has 0 atom stereocenters. The molecule has 0 aliphatic carbocycles. The molecule has 3 rings (SSSR count). The fraction of sp³-hybridized carbons (Fsp3) is 0.0625. The molecule has 110 valence electrons. The number of nitrogens with two attached hydrogens (primary N) is 1. The molecule has 3 N–H and O–H groups in total. The first-order valence-corrected chi connectivity index (χ1v) is 6.65. The number of methoxy groups -OCH3 is 1. The molecular weight excluding hydrogens is 280 g/mol. The smallest absolute Gasteiger partial charge is 0.271 e. The number of carbonyl (C=O) groups excluding carboxylic acids is 1. The van der Waals surface area contributed by atoms with Gasteiger partial charge in [-0.25, -0.2) is 0 Å². The zero-order chi connectivity index (χ0) is 15.5. The van der Waals surface area contributed by atoms with E-state index in [-0.39, 0.29) is 5.69 Å². The van der Waals surface area contributed by atoms with Crippen LogP contribution in [0.15, 0.2) is 48.5 Å². The van der Waals surface area contributed by atoms with Crippen LogP contribution in [0.5, 0.6) is 5.75 Å². The topological polar surface area (TPSA) is 93.9 Å². The van der Waals surface area contributed by atoms with Crippen molar-refractivity contribution >= 4 is 5.91 Å². The van der Waals surface area contributed by atoms with E-state index in [1.54, 1.807) is 7.11 Å². The van der Waals surface area contributed by atoms with Gasteiger partial charge in [0.25, 0.3) is 5.91 Å². The number of benzene rings is 2. The SMILES string of the molecule is COc1ccc(-c2ccccc2-c2n[nH]nc2C(N)=O)cc1. The summed E-state index contributed by atoms with van der Waals surface area (Å²) in [5.41, 5.74) is 8.61. The third-order valence-corrected chi connectivity index (χ3v) is 3.36. The predicted molar refractivity (Wildman–Crippen MR) is 82.3 cm³/mol. The highest BCUT2D eigenvalue weighted by Crippen LogP contribution is 2.32. The Kier molecular flexibility index (Phi) is 3.57. The standard InChI is InChI=1S/C16H14N4O2/c1-22-11-8-6-10(7-9-11)12-4-2-3-5-13(12)14-15(16(17)21)19-20-18-14/h2-9H,1H3,(H2,17,21)(H,18,19,20). The first-order chi connectivity index (χ1) is 10.7. The second kappa shape index (κ2) is 5.69. The van der Waals surface area contributed by atoms with Crippen molar-refractivity contribution in [2.45, 2.75) is 0 Å². The summed E-state index contributed by atoms with van der Waals surface area (Å²) in [7, 11) is 1.62. The highest BCUT2D eigenvalue weighted by molar-refractivity contribution is 5.98. The fourth-order valence-electron chi connectivity index (χ4n) is 2.30. The summed E-state index contributed by atoms with van der Waals surface area (Å²) in [6.07, 6.45) is 0. The Balaban J connectivity index is 2.13. The average Bonchev–Trinajstić information content (AvgIpc) is 3.05. The molecular formula is C16H14N4O2. The summed E-state index contributed by atoms with van der Waals surface area (Å²) in [4.78, 5) is 11.5. The number of aromatic nitrogens is 3. The van der Waals surface area contributed by atoms with E-state index < -0.39 is 5.91 Å². The van der Waals surface area contributed by atoms with Gasteiger partial charge in [0.05, 0.1) is 7.11 Å². The average molecular weight is 294 g/mol. The number of primary amides is 1. The number of aromatic amines is 1. The molecule has 0 unspecified atom stereocenters. The summed E-state index contributed by atoms with van der Waals surface area (Å²) in [6.45, 7) is 0. The number of rotatable bonds is 4. The van der Waals surface area contributed by atoms with E-state index >= 15 is 0 Å². The van der Waals surface area contributed by atoms with Crippen molar-refractivity contribution in [3.63, 3.8) is 0 Å². The molecule has 6 heteroatoms. The van der Waals surface area contributed by atoms with Gasteiger partial charge < -0.3 is 10.5 Å². The van der Waals surface area contributed by atoms with Crippen LogP contribution >= 0.6 is 0 Å². The molecule has 3 aromatic rings. The number of H-pyrrole nitrogens is 1. The lowest BCUT2D eigenvalue weighted by Crippen LogP contribution is -2.12. The van der Waals surface area contributed by atoms with E-state index in [2.05, 4.69) is 15.4 Å². The molecule has 0 spiro atoms. The van der Waals surface area contributed by atoms with Crippen molar-refractivity contribution < 1.29 is 9.53 Å². The van der Waals surface area contributed by atoms with Crippen molar-refractivity contribution in [1.82, 2.24) is 15.4 Å². The molecule has 0 fully saturated rings. The zero-order valence-electron chi connectivity index (χ0n) is 11.9. The minimum atomic E-state index is -0.617. The Bertz CT molecular complexity index is 809. The molecule has 1 amide bonds. The van der Waals surface area contributed by atoms with E-state index in [4.69, 9.17) is 10.5 Å². The summed E-state index contributed by atoms with van der Waals surface area (Å²) in [5.74, 6) is 0.161. The van der Waals surface area contributed by atoms with Crippen molar-refractivity contribution in [3.05, 3.63) is 54.2 Å². The maximum Gasteiger partial charge on any atom is 0.271 e. The van der Waals surface area contributed by atoms with Crippen molar-refractivity contribution in [2.75, 3.05) is 7.11 Å². The molecule has 1 aromatic heterocycles. The molecule has 1 heterocycles. The van der Waals surface area contributed by atoms with Crippen LogP contribution in [-0.4, -0.2) is 28.4 Å². The lowest BCUT2D eigenvalue weighted by atomic mass is 9.96. The van der Waals surface area contributed by atoms with E-state index in [9.17, 15) is 4.79 Å². The molecule has 0 aliphatic rings. The number of hydrogen-bond acceptors (Lipinski definition) is 4. The minimum Gasteiger partial charge on any atom is -0.497 e. The highest BCUT2D eigenvalue weighted by Gasteiger charge is 2.18. The third kappa shape index (κ3) is 2.42. The Morgan fingerprint density at radius 3 is 2.36 bits per heavy atom. The summed E-state index contributed by atoms with van der Waals surface area (Å²) >= 11 is 0. The van der Waals surface area contributed by atoms with Gasteiger partial charge >= 0.3 is 0 Å². The molecule has 0 bridgehead atoms. The molecule has 0 saturated heterocycles. The second-order valence-corrected chi connectivity index (χ2v) is 4.66. The van der Waals surface area contributed by atoms with Gasteiger partial charge in [-0.3, -0.25) is 4.79 Å². The van der Waals surface area contributed by atoms with Gasteiger partial charge in [0.2, 0.25) is 0 Å². The van der Waals surface area contributed by atoms with Crippen molar-refractivity contribution in [3.8, 4) is 28.1 Å². The first-order valence-electron chi connectivity index (χ1n) is 6.65. The number of hydrogen-bond donors (Lipinski definition) is 2. The lowest BCUT2D eigenvalue weighted by molar-refractivity contribution is 0.0996. The van der Waals surface area contributed by atoms with Gasteiger partial charge in [0, 0.05) is 5.56 Å². The minimum absolute atomic E-state index is 0.126. The van der Waals surface area contributed by atoms with E-state index in [0.717, 1.165) is 22.4 Å². The molecule has 2 aromatic carbocycles. The summed E-state index contributed by atoms with van der Waals surface area (Å²) in [6, 6.07) is 15.3. The van der Waals surface area contributed by atoms with Crippen LogP contribution in [0, 0.1) is 0 Å². The number of ether oxygens (including phenoxy) is 1. The molecule has 6 nitrogen and oxygen atoms in total. The van der Waals surface area contributed by atoms with Gasteiger partial charge in [-0.2, -0.15) is 15.4 Å². The maximum absolute atomic E-state index is 11.5. The van der Waals surface area contributed by atoms with E-state index in [0.29, 0.717) is 5.69 Å². The van der Waals surface area contributed by atoms with Gasteiger partial charge in [0.1, 0.15) is 11.4 Å². The number of amides is 1. The second-order valence-electron chi connectivity index (χ2n) is 4.66. The Morgan fingerprint density at radius 1 is 1.05 bits per heavy atom. The quantitative estimate of drug-likeness (QED) is 0.771. The third-order valence-electron chi connectivity index (χ3n) is 3.36. The van der Waals surface area contributed by atoms with Gasteiger partial charge in [-0.05, 0) is 23.3 Å². The van der Waals surface area contributed by atoms with Crippen molar-refractivity contribution in [1.29, 1.82) is 0 Å². The number of carbonyl (C=O) groups is 1. The van der Waals surface area contributed by atoms with E-state index in [1.807, 2.05) is 48.5 Å². The normalized spacial score (nSPS) is 10.4. The number of nitrogens with one attached hydrogen (secondary N) is 1. The van der Waals surface area contributed by atoms with Crippen LogP contribution in [0.1, 0.15) is 10.5 Å². The fourth-order valence-corrected chi connectivity index (χ4v) is 2.30. The monoisotopic (exact) mass is 294 g/mol. The van der Waals surface area contributed by atoms with Crippen molar-refractivity contribution in [2.24, 2.45) is 5.73 Å². The Morgan fingerprint density at radius 2 is 1.73 bits per heavy atom. The number of nitrogens with zero attached hydrogens (tertiary/aromatic N) is 2.